The number of aliphatic hydroxyl groups is 1. The number of rotatable bonds is 2. The zero-order valence-corrected chi connectivity index (χ0v) is 7.91. The Hall–Kier alpha value is -0.930. The highest BCUT2D eigenvalue weighted by Gasteiger charge is 2.43. The molecule has 2 rings (SSSR count). The Morgan fingerprint density at radius 1 is 1.36 bits per heavy atom. The Balaban J connectivity index is 2.25. The molecule has 1 aliphatic carbocycles. The van der Waals surface area contributed by atoms with Crippen molar-refractivity contribution in [2.24, 2.45) is 5.73 Å². The van der Waals surface area contributed by atoms with Crippen LogP contribution in [0.1, 0.15) is 18.4 Å². The molecule has 0 spiro atoms. The molecule has 0 bridgehead atoms. The molecule has 1 aromatic carbocycles. The number of nitrogens with two attached hydrogens (primary N) is 1. The van der Waals surface area contributed by atoms with Gasteiger partial charge in [-0.25, -0.2) is 4.39 Å². The topological polar surface area (TPSA) is 46.2 Å². The van der Waals surface area contributed by atoms with E-state index in [9.17, 15) is 9.50 Å². The van der Waals surface area contributed by atoms with Gasteiger partial charge in [-0.1, -0.05) is 12.1 Å². The molecular formula is C11H14FNO. The Morgan fingerprint density at radius 3 is 2.36 bits per heavy atom. The molecule has 0 atom stereocenters. The standard InChI is InChI=1S/C11H14FNO/c12-9-3-1-8(2-4-9)11(7-14)5-10(13)6-11/h1-4,10,14H,5-7,13H2. The zero-order valence-electron chi connectivity index (χ0n) is 7.91. The molecule has 0 radical (unpaired) electrons. The fourth-order valence-electron chi connectivity index (χ4n) is 2.20. The molecule has 76 valence electrons. The van der Waals surface area contributed by atoms with Gasteiger partial charge in [0.1, 0.15) is 5.82 Å². The lowest BCUT2D eigenvalue weighted by Crippen LogP contribution is -2.51. The highest BCUT2D eigenvalue weighted by atomic mass is 19.1. The maximum atomic E-state index is 12.7. The average molecular weight is 195 g/mol. The summed E-state index contributed by atoms with van der Waals surface area (Å²) in [6.45, 7) is 0.0896. The van der Waals surface area contributed by atoms with E-state index < -0.39 is 0 Å². The highest BCUT2D eigenvalue weighted by molar-refractivity contribution is 5.30. The first-order chi connectivity index (χ1) is 6.66. The second-order valence-electron chi connectivity index (χ2n) is 4.11. The van der Waals surface area contributed by atoms with Crippen LogP contribution in [0, 0.1) is 5.82 Å². The van der Waals surface area contributed by atoms with Gasteiger partial charge in [-0.3, -0.25) is 0 Å². The molecule has 1 aromatic rings. The van der Waals surface area contributed by atoms with Crippen molar-refractivity contribution < 1.29 is 9.50 Å². The molecule has 3 heteroatoms. The van der Waals surface area contributed by atoms with E-state index in [2.05, 4.69) is 0 Å². The van der Waals surface area contributed by atoms with Crippen molar-refractivity contribution in [3.63, 3.8) is 0 Å². The Bertz CT molecular complexity index is 317. The molecule has 0 saturated heterocycles. The van der Waals surface area contributed by atoms with E-state index in [1.807, 2.05) is 0 Å². The van der Waals surface area contributed by atoms with Gasteiger partial charge in [0.15, 0.2) is 0 Å². The Kier molecular flexibility index (Phi) is 2.29. The summed E-state index contributed by atoms with van der Waals surface area (Å²) in [6, 6.07) is 6.49. The van der Waals surface area contributed by atoms with Crippen LogP contribution < -0.4 is 5.73 Å². The van der Waals surface area contributed by atoms with Gasteiger partial charge in [0.05, 0.1) is 6.61 Å². The minimum Gasteiger partial charge on any atom is -0.395 e. The van der Waals surface area contributed by atoms with Crippen molar-refractivity contribution in [3.8, 4) is 0 Å². The lowest BCUT2D eigenvalue weighted by Gasteiger charge is -2.45. The maximum absolute atomic E-state index is 12.7. The predicted molar refractivity (Wildman–Crippen MR) is 52.4 cm³/mol. The molecule has 3 N–H and O–H groups in total. The quantitative estimate of drug-likeness (QED) is 0.744. The molecule has 0 aromatic heterocycles. The monoisotopic (exact) mass is 195 g/mol. The van der Waals surface area contributed by atoms with E-state index in [-0.39, 0.29) is 23.9 Å². The first-order valence-electron chi connectivity index (χ1n) is 4.79. The third-order valence-electron chi connectivity index (χ3n) is 3.07. The Labute approximate surface area is 82.5 Å². The second kappa shape index (κ2) is 3.33. The summed E-state index contributed by atoms with van der Waals surface area (Å²) in [5, 5.41) is 9.33. The van der Waals surface area contributed by atoms with E-state index in [0.717, 1.165) is 18.4 Å². The lowest BCUT2D eigenvalue weighted by molar-refractivity contribution is 0.101. The molecule has 0 heterocycles. The first kappa shape index (κ1) is 9.62. The molecule has 14 heavy (non-hydrogen) atoms. The fraction of sp³-hybridized carbons (Fsp3) is 0.455. The van der Waals surface area contributed by atoms with E-state index in [1.54, 1.807) is 12.1 Å². The van der Waals surface area contributed by atoms with Crippen LogP contribution in [0.3, 0.4) is 0 Å². The minimum absolute atomic E-state index is 0.0896. The van der Waals surface area contributed by atoms with Gasteiger partial charge >= 0.3 is 0 Å². The van der Waals surface area contributed by atoms with Crippen molar-refractivity contribution in [1.29, 1.82) is 0 Å². The number of benzene rings is 1. The van der Waals surface area contributed by atoms with E-state index in [4.69, 9.17) is 5.73 Å². The summed E-state index contributed by atoms with van der Waals surface area (Å²) >= 11 is 0. The van der Waals surface area contributed by atoms with E-state index >= 15 is 0 Å². The molecule has 1 aliphatic rings. The maximum Gasteiger partial charge on any atom is 0.123 e. The Morgan fingerprint density at radius 2 is 1.93 bits per heavy atom. The molecule has 1 saturated carbocycles. The van der Waals surface area contributed by atoms with Crippen LogP contribution in [0.4, 0.5) is 4.39 Å². The van der Waals surface area contributed by atoms with Gasteiger partial charge in [0.25, 0.3) is 0 Å². The molecular weight excluding hydrogens is 181 g/mol. The van der Waals surface area contributed by atoms with Crippen molar-refractivity contribution in [3.05, 3.63) is 35.6 Å². The third-order valence-corrected chi connectivity index (χ3v) is 3.07. The zero-order chi connectivity index (χ0) is 10.2. The van der Waals surface area contributed by atoms with Crippen molar-refractivity contribution in [2.45, 2.75) is 24.3 Å². The van der Waals surface area contributed by atoms with Crippen LogP contribution in [0.15, 0.2) is 24.3 Å². The van der Waals surface area contributed by atoms with Crippen LogP contribution in [-0.2, 0) is 5.41 Å². The number of aliphatic hydroxyl groups excluding tert-OH is 1. The van der Waals surface area contributed by atoms with Crippen molar-refractivity contribution >= 4 is 0 Å². The summed E-state index contributed by atoms with van der Waals surface area (Å²) in [7, 11) is 0. The second-order valence-corrected chi connectivity index (χ2v) is 4.11. The van der Waals surface area contributed by atoms with Crippen LogP contribution in [0.5, 0.6) is 0 Å². The fourth-order valence-corrected chi connectivity index (χ4v) is 2.20. The normalized spacial score (nSPS) is 31.2. The van der Waals surface area contributed by atoms with Crippen LogP contribution in [0.2, 0.25) is 0 Å². The largest absolute Gasteiger partial charge is 0.395 e. The van der Waals surface area contributed by atoms with Gasteiger partial charge in [-0.05, 0) is 30.5 Å². The van der Waals surface area contributed by atoms with Gasteiger partial charge in [-0.2, -0.15) is 0 Å². The first-order valence-corrected chi connectivity index (χ1v) is 4.79. The number of hydrogen-bond donors (Lipinski definition) is 2. The van der Waals surface area contributed by atoms with Crippen LogP contribution in [0.25, 0.3) is 0 Å². The summed E-state index contributed by atoms with van der Waals surface area (Å²) in [6.07, 6.45) is 1.57. The number of halogens is 1. The smallest absolute Gasteiger partial charge is 0.123 e. The van der Waals surface area contributed by atoms with Gasteiger partial charge in [-0.15, -0.1) is 0 Å². The minimum atomic E-state index is -0.245. The van der Waals surface area contributed by atoms with Crippen molar-refractivity contribution in [1.82, 2.24) is 0 Å². The molecule has 0 aliphatic heterocycles. The molecule has 2 nitrogen and oxygen atoms in total. The van der Waals surface area contributed by atoms with Crippen molar-refractivity contribution in [2.75, 3.05) is 6.61 Å². The summed E-state index contributed by atoms with van der Waals surface area (Å²) in [5.41, 5.74) is 6.49. The number of hydrogen-bond acceptors (Lipinski definition) is 2. The molecule has 0 unspecified atom stereocenters. The summed E-state index contributed by atoms with van der Waals surface area (Å²) < 4.78 is 12.7. The van der Waals surface area contributed by atoms with Crippen LogP contribution >= 0.6 is 0 Å². The van der Waals surface area contributed by atoms with E-state index in [1.165, 1.54) is 12.1 Å². The molecule has 1 fully saturated rings. The molecule has 0 amide bonds. The van der Waals surface area contributed by atoms with Gasteiger partial charge in [0.2, 0.25) is 0 Å². The average Bonchev–Trinajstić information content (AvgIpc) is 2.14. The van der Waals surface area contributed by atoms with E-state index in [0.29, 0.717) is 0 Å². The van der Waals surface area contributed by atoms with Gasteiger partial charge in [0, 0.05) is 11.5 Å². The van der Waals surface area contributed by atoms with Crippen LogP contribution in [-0.4, -0.2) is 17.8 Å². The SMILES string of the molecule is NC1CC(CO)(c2ccc(F)cc2)C1. The third kappa shape index (κ3) is 1.42. The summed E-state index contributed by atoms with van der Waals surface area (Å²) in [5.74, 6) is -0.245. The lowest BCUT2D eigenvalue weighted by atomic mass is 9.62. The predicted octanol–water partition coefficient (Wildman–Crippen LogP) is 1.18. The highest BCUT2D eigenvalue weighted by Crippen LogP contribution is 2.42. The summed E-state index contributed by atoms with van der Waals surface area (Å²) in [4.78, 5) is 0. The van der Waals surface area contributed by atoms with Gasteiger partial charge < -0.3 is 10.8 Å².